The van der Waals surface area contributed by atoms with Crippen LogP contribution in [0.25, 0.3) is 0 Å². The Kier molecular flexibility index (Phi) is 9.94. The van der Waals surface area contributed by atoms with Crippen LogP contribution in [-0.2, 0) is 23.8 Å². The molecule has 0 radical (unpaired) electrons. The smallest absolute Gasteiger partial charge is 0.323 e. The minimum absolute atomic E-state index is 0.00739. The molecule has 0 spiro atoms. The van der Waals surface area contributed by atoms with Gasteiger partial charge in [-0.05, 0) is 37.5 Å². The summed E-state index contributed by atoms with van der Waals surface area (Å²) < 4.78 is 17.1. The molecule has 0 N–H and O–H groups in total. The van der Waals surface area contributed by atoms with Crippen molar-refractivity contribution >= 4 is 11.9 Å². The van der Waals surface area contributed by atoms with E-state index in [9.17, 15) is 9.59 Å². The Morgan fingerprint density at radius 1 is 0.897 bits per heavy atom. The monoisotopic (exact) mass is 410 g/mol. The van der Waals surface area contributed by atoms with Gasteiger partial charge < -0.3 is 14.2 Å². The summed E-state index contributed by atoms with van der Waals surface area (Å²) in [5.74, 6) is -0.0704. The van der Waals surface area contributed by atoms with Crippen LogP contribution in [0.1, 0.15) is 98.3 Å². The van der Waals surface area contributed by atoms with Gasteiger partial charge in [-0.25, -0.2) is 0 Å². The zero-order valence-electron chi connectivity index (χ0n) is 19.0. The van der Waals surface area contributed by atoms with Crippen LogP contribution in [0.5, 0.6) is 0 Å². The molecule has 0 aromatic heterocycles. The van der Waals surface area contributed by atoms with Gasteiger partial charge in [-0.2, -0.15) is 0 Å². The number of hydrogen-bond acceptors (Lipinski definition) is 5. The first-order valence-corrected chi connectivity index (χ1v) is 12.0. The second-order valence-electron chi connectivity index (χ2n) is 9.07. The summed E-state index contributed by atoms with van der Waals surface area (Å²) in [4.78, 5) is 26.3. The number of fused-ring (bicyclic) bond motifs is 1. The maximum atomic E-state index is 13.1. The first-order chi connectivity index (χ1) is 14.0. The van der Waals surface area contributed by atoms with Crippen molar-refractivity contribution in [2.24, 2.45) is 17.3 Å². The summed E-state index contributed by atoms with van der Waals surface area (Å²) in [7, 11) is 0. The van der Waals surface area contributed by atoms with E-state index >= 15 is 0 Å². The predicted octanol–water partition coefficient (Wildman–Crippen LogP) is 5.44. The van der Waals surface area contributed by atoms with E-state index in [4.69, 9.17) is 14.2 Å². The lowest BCUT2D eigenvalue weighted by atomic mass is 9.74. The maximum absolute atomic E-state index is 13.1. The van der Waals surface area contributed by atoms with Crippen LogP contribution >= 0.6 is 0 Å². The molecule has 2 fully saturated rings. The molecule has 0 bridgehead atoms. The Labute approximate surface area is 177 Å². The number of esters is 2. The number of hydrogen-bond donors (Lipinski definition) is 0. The number of ether oxygens (including phenoxy) is 3. The number of epoxide rings is 1. The molecule has 0 aromatic rings. The molecule has 1 heterocycles. The zero-order chi connectivity index (χ0) is 21.3. The van der Waals surface area contributed by atoms with E-state index in [-0.39, 0.29) is 12.2 Å². The second-order valence-corrected chi connectivity index (χ2v) is 9.07. The molecule has 5 nitrogen and oxygen atoms in total. The number of carbonyl (C=O) groups excluding carboxylic acids is 2. The lowest BCUT2D eigenvalue weighted by molar-refractivity contribution is -0.176. The summed E-state index contributed by atoms with van der Waals surface area (Å²) in [5.41, 5.74) is -1.18. The fraction of sp³-hybridized carbons (Fsp3) is 0.917. The number of carbonyl (C=O) groups is 2. The average Bonchev–Trinajstić information content (AvgIpc) is 3.52. The topological polar surface area (TPSA) is 65.1 Å². The molecule has 1 saturated carbocycles. The molecule has 5 heteroatoms. The third-order valence-corrected chi connectivity index (χ3v) is 6.86. The van der Waals surface area contributed by atoms with E-state index < -0.39 is 17.4 Å². The van der Waals surface area contributed by atoms with Gasteiger partial charge in [0, 0.05) is 6.42 Å². The Morgan fingerprint density at radius 2 is 1.41 bits per heavy atom. The summed E-state index contributed by atoms with van der Waals surface area (Å²) in [6, 6.07) is 0. The molecule has 0 amide bonds. The lowest BCUT2D eigenvalue weighted by Crippen LogP contribution is -2.46. The van der Waals surface area contributed by atoms with Crippen LogP contribution in [0.15, 0.2) is 0 Å². The predicted molar refractivity (Wildman–Crippen MR) is 113 cm³/mol. The minimum atomic E-state index is -1.18. The molecule has 2 aliphatic rings. The fourth-order valence-electron chi connectivity index (χ4n) is 4.36. The fourth-order valence-corrected chi connectivity index (χ4v) is 4.36. The molecule has 0 aromatic carbocycles. The average molecular weight is 411 g/mol. The highest BCUT2D eigenvalue weighted by molar-refractivity contribution is 6.00. The van der Waals surface area contributed by atoms with Crippen molar-refractivity contribution in [3.63, 3.8) is 0 Å². The van der Waals surface area contributed by atoms with Gasteiger partial charge >= 0.3 is 11.9 Å². The van der Waals surface area contributed by atoms with Crippen LogP contribution in [0.4, 0.5) is 0 Å². The highest BCUT2D eigenvalue weighted by atomic mass is 16.6. The normalized spacial score (nSPS) is 27.6. The van der Waals surface area contributed by atoms with Crippen LogP contribution in [0.3, 0.4) is 0 Å². The highest BCUT2D eigenvalue weighted by Crippen LogP contribution is 2.48. The third-order valence-electron chi connectivity index (χ3n) is 6.86. The number of rotatable bonds is 14. The van der Waals surface area contributed by atoms with Crippen molar-refractivity contribution < 1.29 is 23.8 Å². The summed E-state index contributed by atoms with van der Waals surface area (Å²) in [6.45, 7) is 9.38. The quantitative estimate of drug-likeness (QED) is 0.217. The van der Waals surface area contributed by atoms with Crippen molar-refractivity contribution in [2.75, 3.05) is 13.2 Å². The van der Waals surface area contributed by atoms with Crippen LogP contribution in [0.2, 0.25) is 0 Å². The molecule has 4 atom stereocenters. The van der Waals surface area contributed by atoms with Crippen molar-refractivity contribution in [2.45, 2.75) is 111 Å². The van der Waals surface area contributed by atoms with Crippen molar-refractivity contribution in [1.82, 2.24) is 0 Å². The second kappa shape index (κ2) is 11.9. The molecule has 168 valence electrons. The van der Waals surface area contributed by atoms with E-state index in [0.29, 0.717) is 37.9 Å². The molecule has 2 rings (SSSR count). The summed E-state index contributed by atoms with van der Waals surface area (Å²) in [5, 5.41) is 0. The van der Waals surface area contributed by atoms with E-state index in [2.05, 4.69) is 27.7 Å². The largest absolute Gasteiger partial charge is 0.465 e. The highest BCUT2D eigenvalue weighted by Gasteiger charge is 2.59. The van der Waals surface area contributed by atoms with Crippen LogP contribution in [-0.4, -0.2) is 37.4 Å². The molecular weight excluding hydrogens is 368 g/mol. The Morgan fingerprint density at radius 3 is 1.83 bits per heavy atom. The molecule has 29 heavy (non-hydrogen) atoms. The van der Waals surface area contributed by atoms with E-state index in [1.807, 2.05) is 0 Å². The van der Waals surface area contributed by atoms with E-state index in [1.165, 1.54) is 0 Å². The molecule has 1 aliphatic carbocycles. The number of unbranched alkanes of at least 4 members (excludes halogenated alkanes) is 2. The van der Waals surface area contributed by atoms with Crippen molar-refractivity contribution in [1.29, 1.82) is 0 Å². The first kappa shape index (κ1) is 24.2. The lowest BCUT2D eigenvalue weighted by Gasteiger charge is -2.32. The van der Waals surface area contributed by atoms with Gasteiger partial charge in [0.1, 0.15) is 0 Å². The van der Waals surface area contributed by atoms with Crippen molar-refractivity contribution in [3.8, 4) is 0 Å². The maximum Gasteiger partial charge on any atom is 0.323 e. The minimum Gasteiger partial charge on any atom is -0.465 e. The van der Waals surface area contributed by atoms with Gasteiger partial charge in [-0.1, -0.05) is 66.2 Å². The van der Waals surface area contributed by atoms with Gasteiger partial charge in [0.15, 0.2) is 5.41 Å². The molecule has 1 saturated heterocycles. The van der Waals surface area contributed by atoms with Gasteiger partial charge in [0.2, 0.25) is 0 Å². The zero-order valence-corrected chi connectivity index (χ0v) is 19.0. The molecule has 1 aliphatic heterocycles. The molecule has 4 unspecified atom stereocenters. The van der Waals surface area contributed by atoms with Crippen LogP contribution < -0.4 is 0 Å². The van der Waals surface area contributed by atoms with E-state index in [1.54, 1.807) is 0 Å². The molecular formula is C24H42O5. The SMILES string of the molecule is CCCCC(CC)COC(=O)C1(C(=O)OCC(CC)CCCC)CCC2OC2C1. The third kappa shape index (κ3) is 6.70. The van der Waals surface area contributed by atoms with Crippen molar-refractivity contribution in [3.05, 3.63) is 0 Å². The van der Waals surface area contributed by atoms with Gasteiger partial charge in [-0.3, -0.25) is 9.59 Å². The van der Waals surface area contributed by atoms with Crippen LogP contribution in [0, 0.1) is 17.3 Å². The van der Waals surface area contributed by atoms with E-state index in [0.717, 1.165) is 57.8 Å². The van der Waals surface area contributed by atoms with Gasteiger partial charge in [-0.15, -0.1) is 0 Å². The Hall–Kier alpha value is -1.10. The van der Waals surface area contributed by atoms with Gasteiger partial charge in [0.25, 0.3) is 0 Å². The van der Waals surface area contributed by atoms with Gasteiger partial charge in [0.05, 0.1) is 25.4 Å². The Balaban J connectivity index is 1.97. The standard InChI is InChI=1S/C24H42O5/c1-5-9-11-18(7-3)16-27-22(25)24(14-13-20-21(15-24)29-20)23(26)28-17-19(8-4)12-10-6-2/h18-21H,5-17H2,1-4H3. The summed E-state index contributed by atoms with van der Waals surface area (Å²) in [6.07, 6.45) is 10.5. The first-order valence-electron chi connectivity index (χ1n) is 12.0. The Bertz CT molecular complexity index is 485. The summed E-state index contributed by atoms with van der Waals surface area (Å²) >= 11 is 0.